The van der Waals surface area contributed by atoms with E-state index in [4.69, 9.17) is 19.9 Å². The first-order valence-corrected chi connectivity index (χ1v) is 12.5. The first-order valence-electron chi connectivity index (χ1n) is 12.5. The molecule has 4 atom stereocenters. The lowest BCUT2D eigenvalue weighted by molar-refractivity contribution is -0.141. The molecule has 0 radical (unpaired) electrons. The molecule has 0 bridgehead atoms. The highest BCUT2D eigenvalue weighted by molar-refractivity contribution is 6.09. The van der Waals surface area contributed by atoms with E-state index in [1.165, 1.54) is 38.7 Å². The van der Waals surface area contributed by atoms with Gasteiger partial charge < -0.3 is 25.3 Å². The second-order valence-corrected chi connectivity index (χ2v) is 8.96. The summed E-state index contributed by atoms with van der Waals surface area (Å²) in [6.07, 6.45) is 1.70. The van der Waals surface area contributed by atoms with E-state index >= 15 is 0 Å². The molecule has 1 aromatic carbocycles. The van der Waals surface area contributed by atoms with Gasteiger partial charge in [0, 0.05) is 23.3 Å². The van der Waals surface area contributed by atoms with Crippen LogP contribution in [-0.2, 0) is 15.7 Å². The number of ether oxygens (including phenoxy) is 3. The summed E-state index contributed by atoms with van der Waals surface area (Å²) in [4.78, 5) is 30.2. The number of aromatic nitrogens is 3. The van der Waals surface area contributed by atoms with Gasteiger partial charge in [-0.25, -0.2) is 15.0 Å². The number of nitrogens with one attached hydrogen (secondary N) is 1. The van der Waals surface area contributed by atoms with Gasteiger partial charge in [-0.3, -0.25) is 9.78 Å². The third-order valence-electron chi connectivity index (χ3n) is 6.27. The molecule has 0 saturated heterocycles. The number of nitrogens with two attached hydrogens (primary N) is 1. The van der Waals surface area contributed by atoms with Crippen molar-refractivity contribution in [3.63, 3.8) is 0 Å². The van der Waals surface area contributed by atoms with Crippen LogP contribution in [0, 0.1) is 0 Å². The maximum Gasteiger partial charge on any atom is 0.433 e. The molecule has 3 aromatic rings. The molecule has 0 saturated carbocycles. The SMILES string of the molecule is CC/C=C/C(N)C1OC(c2ccc(OC)c3nc(C(F)(F)F)ccc23)=NC1C(=O)NC(C)c1nccnc1OC. The lowest BCUT2D eigenvalue weighted by Gasteiger charge is -2.23. The number of nitrogens with zero attached hydrogens (tertiary/aromatic N) is 4. The standard InChI is InChI=1S/C27H29F3N6O4/c1-5-6-7-17(31)23-22(24(37)34-14(2)20-26(39-4)33-13-12-32-20)36-25(40-23)16-8-10-18(38-3)21-15(16)9-11-19(35-21)27(28,29)30/h6-14,17,22-23H,5,31H2,1-4H3,(H,34,37)/b7-6+. The van der Waals surface area contributed by atoms with Crippen LogP contribution in [0.1, 0.15) is 43.3 Å². The lowest BCUT2D eigenvalue weighted by atomic mass is 10.0. The third kappa shape index (κ3) is 5.83. The van der Waals surface area contributed by atoms with Gasteiger partial charge in [0.05, 0.1) is 26.3 Å². The topological polar surface area (TPSA) is 134 Å². The fourth-order valence-electron chi connectivity index (χ4n) is 4.31. The molecule has 3 heterocycles. The highest BCUT2D eigenvalue weighted by Gasteiger charge is 2.41. The number of rotatable bonds is 9. The van der Waals surface area contributed by atoms with E-state index in [-0.39, 0.29) is 23.0 Å². The second kappa shape index (κ2) is 11.9. The van der Waals surface area contributed by atoms with Crippen LogP contribution in [0.3, 0.4) is 0 Å². The van der Waals surface area contributed by atoms with Gasteiger partial charge in [0.25, 0.3) is 0 Å². The molecule has 4 rings (SSSR count). The molecule has 0 aliphatic carbocycles. The summed E-state index contributed by atoms with van der Waals surface area (Å²) in [6, 6.07) is 2.83. The average molecular weight is 559 g/mol. The van der Waals surface area contributed by atoms with Gasteiger partial charge >= 0.3 is 6.18 Å². The van der Waals surface area contributed by atoms with Crippen LogP contribution in [-0.4, -0.2) is 59.2 Å². The maximum atomic E-state index is 13.5. The van der Waals surface area contributed by atoms with Crippen LogP contribution >= 0.6 is 0 Å². The maximum absolute atomic E-state index is 13.5. The van der Waals surface area contributed by atoms with Gasteiger partial charge in [0.1, 0.15) is 22.7 Å². The van der Waals surface area contributed by atoms with Crippen molar-refractivity contribution < 1.29 is 32.2 Å². The van der Waals surface area contributed by atoms with Gasteiger partial charge in [-0.2, -0.15) is 13.2 Å². The van der Waals surface area contributed by atoms with Crippen molar-refractivity contribution in [2.75, 3.05) is 14.2 Å². The Balaban J connectivity index is 1.73. The Morgan fingerprint density at radius 2 is 1.93 bits per heavy atom. The number of alkyl halides is 3. The van der Waals surface area contributed by atoms with E-state index in [2.05, 4.69) is 25.3 Å². The van der Waals surface area contributed by atoms with Crippen LogP contribution in [0.15, 0.2) is 53.8 Å². The summed E-state index contributed by atoms with van der Waals surface area (Å²) in [5, 5.41) is 3.17. The molecule has 212 valence electrons. The van der Waals surface area contributed by atoms with Gasteiger partial charge in [0.15, 0.2) is 12.1 Å². The number of amides is 1. The molecule has 3 N–H and O–H groups in total. The van der Waals surface area contributed by atoms with E-state index in [1.54, 1.807) is 19.1 Å². The summed E-state index contributed by atoms with van der Waals surface area (Å²) in [5.74, 6) is -0.0411. The number of allylic oxidation sites excluding steroid dienone is 1. The zero-order valence-corrected chi connectivity index (χ0v) is 22.3. The van der Waals surface area contributed by atoms with Crippen molar-refractivity contribution in [3.05, 3.63) is 65.8 Å². The molecule has 40 heavy (non-hydrogen) atoms. The first kappa shape index (κ1) is 28.7. The molecule has 1 amide bonds. The van der Waals surface area contributed by atoms with Gasteiger partial charge in [-0.1, -0.05) is 19.1 Å². The number of carbonyl (C=O) groups is 1. The molecular weight excluding hydrogens is 529 g/mol. The minimum Gasteiger partial charge on any atom is -0.494 e. The van der Waals surface area contributed by atoms with Gasteiger partial charge in [0.2, 0.25) is 17.7 Å². The van der Waals surface area contributed by atoms with Crippen LogP contribution in [0.4, 0.5) is 13.2 Å². The van der Waals surface area contributed by atoms with Crippen molar-refractivity contribution in [3.8, 4) is 11.6 Å². The molecule has 13 heteroatoms. The minimum absolute atomic E-state index is 0.0240. The van der Waals surface area contributed by atoms with Gasteiger partial charge in [-0.15, -0.1) is 0 Å². The van der Waals surface area contributed by atoms with Gasteiger partial charge in [-0.05, 0) is 37.6 Å². The average Bonchev–Trinajstić information content (AvgIpc) is 3.40. The van der Waals surface area contributed by atoms with E-state index < -0.39 is 42.0 Å². The quantitative estimate of drug-likeness (QED) is 0.380. The Morgan fingerprint density at radius 1 is 1.18 bits per heavy atom. The van der Waals surface area contributed by atoms with E-state index in [1.807, 2.05) is 13.0 Å². The van der Waals surface area contributed by atoms with Crippen LogP contribution in [0.25, 0.3) is 10.9 Å². The molecule has 10 nitrogen and oxygen atoms in total. The molecule has 0 fully saturated rings. The summed E-state index contributed by atoms with van der Waals surface area (Å²) >= 11 is 0. The number of methoxy groups -OCH3 is 2. The number of pyridine rings is 1. The number of hydrogen-bond acceptors (Lipinski definition) is 9. The number of aliphatic imine (C=N–C) groups is 1. The lowest BCUT2D eigenvalue weighted by Crippen LogP contribution is -2.48. The number of hydrogen-bond donors (Lipinski definition) is 2. The molecule has 1 aliphatic heterocycles. The fraction of sp³-hybridized carbons (Fsp3) is 0.370. The third-order valence-corrected chi connectivity index (χ3v) is 6.27. The largest absolute Gasteiger partial charge is 0.494 e. The smallest absolute Gasteiger partial charge is 0.433 e. The molecule has 2 aromatic heterocycles. The summed E-state index contributed by atoms with van der Waals surface area (Å²) in [6.45, 7) is 3.66. The number of benzene rings is 1. The summed E-state index contributed by atoms with van der Waals surface area (Å²) in [7, 11) is 2.78. The van der Waals surface area contributed by atoms with Crippen molar-refractivity contribution in [2.24, 2.45) is 10.7 Å². The number of fused-ring (bicyclic) bond motifs is 1. The number of halogens is 3. The first-order chi connectivity index (χ1) is 19.1. The molecule has 0 spiro atoms. The van der Waals surface area contributed by atoms with E-state index in [0.29, 0.717) is 23.1 Å². The van der Waals surface area contributed by atoms with E-state index in [9.17, 15) is 18.0 Å². The highest BCUT2D eigenvalue weighted by atomic mass is 19.4. The predicted molar refractivity (Wildman–Crippen MR) is 141 cm³/mol. The van der Waals surface area contributed by atoms with E-state index in [0.717, 1.165) is 6.07 Å². The summed E-state index contributed by atoms with van der Waals surface area (Å²) < 4.78 is 56.8. The fourth-order valence-corrected chi connectivity index (χ4v) is 4.31. The van der Waals surface area contributed by atoms with Crippen LogP contribution < -0.4 is 20.5 Å². The Labute approximate surface area is 228 Å². The molecular formula is C27H29F3N6O4. The Morgan fingerprint density at radius 3 is 2.60 bits per heavy atom. The molecule has 4 unspecified atom stereocenters. The zero-order chi connectivity index (χ0) is 29.0. The summed E-state index contributed by atoms with van der Waals surface area (Å²) in [5.41, 5.74) is 6.05. The minimum atomic E-state index is -4.65. The van der Waals surface area contributed by atoms with Crippen molar-refractivity contribution in [2.45, 2.75) is 50.7 Å². The Bertz CT molecular complexity index is 1450. The molecule has 1 aliphatic rings. The monoisotopic (exact) mass is 558 g/mol. The van der Waals surface area contributed by atoms with Crippen LogP contribution in [0.5, 0.6) is 11.6 Å². The Kier molecular flexibility index (Phi) is 8.52. The zero-order valence-electron chi connectivity index (χ0n) is 22.3. The highest BCUT2D eigenvalue weighted by Crippen LogP contribution is 2.35. The number of carbonyl (C=O) groups excluding carboxylic acids is 1. The van der Waals surface area contributed by atoms with Crippen molar-refractivity contribution >= 4 is 22.7 Å². The van der Waals surface area contributed by atoms with Crippen LogP contribution in [0.2, 0.25) is 0 Å². The second-order valence-electron chi connectivity index (χ2n) is 8.96. The van der Waals surface area contributed by atoms with Crippen molar-refractivity contribution in [1.29, 1.82) is 0 Å². The van der Waals surface area contributed by atoms with Crippen molar-refractivity contribution in [1.82, 2.24) is 20.3 Å². The predicted octanol–water partition coefficient (Wildman–Crippen LogP) is 3.75. The Hall–Kier alpha value is -4.26. The normalized spacial score (nSPS) is 18.8.